The number of quaternary nitrogens is 1. The summed E-state index contributed by atoms with van der Waals surface area (Å²) in [7, 11) is 0. The molecule has 0 bridgehead atoms. The van der Waals surface area contributed by atoms with E-state index >= 15 is 0 Å². The number of ether oxygens (including phenoxy) is 1. The lowest BCUT2D eigenvalue weighted by Crippen LogP contribution is -3.11. The number of hydrogen-bond acceptors (Lipinski definition) is 3. The first-order valence-corrected chi connectivity index (χ1v) is 11.2. The van der Waals surface area contributed by atoms with Crippen molar-refractivity contribution in [3.05, 3.63) is 70.1 Å². The molecule has 0 atom stereocenters. The molecule has 0 fully saturated rings. The van der Waals surface area contributed by atoms with E-state index in [-0.39, 0.29) is 18.0 Å². The summed E-state index contributed by atoms with van der Waals surface area (Å²) in [6, 6.07) is 16.0. The zero-order valence-corrected chi connectivity index (χ0v) is 19.6. The predicted octanol–water partition coefficient (Wildman–Crippen LogP) is 0.0949. The molecule has 1 N–H and O–H groups in total. The fourth-order valence-electron chi connectivity index (χ4n) is 3.69. The fourth-order valence-corrected chi connectivity index (χ4v) is 3.69. The normalized spacial score (nSPS) is 11.0. The van der Waals surface area contributed by atoms with E-state index in [2.05, 4.69) is 32.9 Å². The SMILES string of the molecule is CCCCOc1ccc(Cc2nn(CC[NH+](CC)CC)c(=O)c3ccccc23)cc1.[Cl-]. The van der Waals surface area contributed by atoms with Crippen molar-refractivity contribution >= 4 is 10.8 Å². The molecule has 0 amide bonds. The van der Waals surface area contributed by atoms with E-state index in [4.69, 9.17) is 9.84 Å². The van der Waals surface area contributed by atoms with Gasteiger partial charge in [-0.05, 0) is 44.0 Å². The second-order valence-electron chi connectivity index (χ2n) is 7.75. The van der Waals surface area contributed by atoms with E-state index in [1.165, 1.54) is 4.90 Å². The highest BCUT2D eigenvalue weighted by molar-refractivity contribution is 5.83. The Morgan fingerprint density at radius 1 is 0.968 bits per heavy atom. The van der Waals surface area contributed by atoms with Crippen LogP contribution in [0.4, 0.5) is 0 Å². The lowest BCUT2D eigenvalue weighted by Gasteiger charge is -2.16. The van der Waals surface area contributed by atoms with Crippen molar-refractivity contribution in [2.45, 2.75) is 46.6 Å². The Labute approximate surface area is 191 Å². The monoisotopic (exact) mass is 443 g/mol. The van der Waals surface area contributed by atoms with Crippen molar-refractivity contribution in [2.24, 2.45) is 0 Å². The van der Waals surface area contributed by atoms with Gasteiger partial charge in [0.25, 0.3) is 5.56 Å². The maximum absolute atomic E-state index is 13.0. The van der Waals surface area contributed by atoms with Gasteiger partial charge in [-0.2, -0.15) is 5.10 Å². The lowest BCUT2D eigenvalue weighted by molar-refractivity contribution is -0.897. The standard InChI is InChI=1S/C25H33N3O2.ClH/c1-4-7-18-30-21-14-12-20(13-15-21)19-24-22-10-8-9-11-23(22)25(29)28(26-24)17-16-27(5-2)6-3;/h8-15H,4-7,16-19H2,1-3H3;1H. The molecule has 0 aliphatic rings. The van der Waals surface area contributed by atoms with E-state index < -0.39 is 0 Å². The minimum absolute atomic E-state index is 0. The summed E-state index contributed by atoms with van der Waals surface area (Å²) in [6.45, 7) is 10.9. The molecule has 0 saturated carbocycles. The number of rotatable bonds is 11. The topological polar surface area (TPSA) is 48.6 Å². The van der Waals surface area contributed by atoms with Crippen molar-refractivity contribution in [1.29, 1.82) is 0 Å². The maximum atomic E-state index is 13.0. The average Bonchev–Trinajstić information content (AvgIpc) is 2.78. The van der Waals surface area contributed by atoms with Crippen LogP contribution in [0.25, 0.3) is 10.8 Å². The van der Waals surface area contributed by atoms with Crippen molar-refractivity contribution in [3.8, 4) is 5.75 Å². The third kappa shape index (κ3) is 6.55. The number of fused-ring (bicyclic) bond motifs is 1. The molecular weight excluding hydrogens is 410 g/mol. The number of aromatic nitrogens is 2. The highest BCUT2D eigenvalue weighted by Crippen LogP contribution is 2.19. The minimum Gasteiger partial charge on any atom is -1.00 e. The lowest BCUT2D eigenvalue weighted by atomic mass is 10.0. The largest absolute Gasteiger partial charge is 1.00 e. The molecule has 0 spiro atoms. The van der Waals surface area contributed by atoms with Crippen LogP contribution in [0.3, 0.4) is 0 Å². The number of likely N-dealkylation sites (N-methyl/N-ethyl adjacent to an activating group) is 1. The Hall–Kier alpha value is -2.37. The number of hydrogen-bond donors (Lipinski definition) is 1. The summed E-state index contributed by atoms with van der Waals surface area (Å²) < 4.78 is 7.43. The molecule has 0 radical (unpaired) electrons. The van der Waals surface area contributed by atoms with Gasteiger partial charge >= 0.3 is 0 Å². The third-order valence-corrected chi connectivity index (χ3v) is 5.68. The molecule has 6 heteroatoms. The molecule has 1 heterocycles. The molecule has 0 aliphatic carbocycles. The summed E-state index contributed by atoms with van der Waals surface area (Å²) in [4.78, 5) is 14.4. The molecule has 3 rings (SSSR count). The van der Waals surface area contributed by atoms with Crippen LogP contribution in [0.15, 0.2) is 53.3 Å². The highest BCUT2D eigenvalue weighted by atomic mass is 35.5. The van der Waals surface area contributed by atoms with Gasteiger partial charge in [0, 0.05) is 11.8 Å². The van der Waals surface area contributed by atoms with Gasteiger partial charge in [-0.1, -0.05) is 43.7 Å². The Bertz CT molecular complexity index is 998. The van der Waals surface area contributed by atoms with Crippen LogP contribution in [0.2, 0.25) is 0 Å². The van der Waals surface area contributed by atoms with Crippen molar-refractivity contribution in [2.75, 3.05) is 26.2 Å². The van der Waals surface area contributed by atoms with Crippen molar-refractivity contribution < 1.29 is 22.0 Å². The van der Waals surface area contributed by atoms with Gasteiger partial charge in [0.15, 0.2) is 0 Å². The summed E-state index contributed by atoms with van der Waals surface area (Å²) in [5, 5.41) is 6.47. The van der Waals surface area contributed by atoms with Crippen molar-refractivity contribution in [1.82, 2.24) is 9.78 Å². The third-order valence-electron chi connectivity index (χ3n) is 5.68. The summed E-state index contributed by atoms with van der Waals surface area (Å²) in [5.74, 6) is 0.900. The highest BCUT2D eigenvalue weighted by Gasteiger charge is 2.12. The molecule has 5 nitrogen and oxygen atoms in total. The Morgan fingerprint density at radius 2 is 1.65 bits per heavy atom. The van der Waals surface area contributed by atoms with Crippen LogP contribution in [0, 0.1) is 0 Å². The number of nitrogens with one attached hydrogen (secondary N) is 1. The van der Waals surface area contributed by atoms with E-state index in [0.29, 0.717) is 13.0 Å². The smallest absolute Gasteiger partial charge is 0.274 e. The van der Waals surface area contributed by atoms with Gasteiger partial charge in [-0.3, -0.25) is 4.79 Å². The first-order chi connectivity index (χ1) is 14.7. The number of unbranched alkanes of at least 4 members (excludes halogenated alkanes) is 1. The van der Waals surface area contributed by atoms with Crippen LogP contribution in [0.1, 0.15) is 44.9 Å². The van der Waals surface area contributed by atoms with E-state index in [0.717, 1.165) is 66.9 Å². The van der Waals surface area contributed by atoms with E-state index in [1.54, 1.807) is 4.68 Å². The minimum atomic E-state index is 0. The molecule has 31 heavy (non-hydrogen) atoms. The number of halogens is 1. The predicted molar refractivity (Wildman–Crippen MR) is 123 cm³/mol. The van der Waals surface area contributed by atoms with Crippen LogP contribution < -0.4 is 27.6 Å². The second kappa shape index (κ2) is 12.5. The molecular formula is C25H34ClN3O2. The van der Waals surface area contributed by atoms with Gasteiger partial charge in [0.2, 0.25) is 0 Å². The molecule has 0 aliphatic heterocycles. The molecule has 168 valence electrons. The first-order valence-electron chi connectivity index (χ1n) is 11.2. The van der Waals surface area contributed by atoms with Crippen LogP contribution in [-0.2, 0) is 13.0 Å². The summed E-state index contributed by atoms with van der Waals surface area (Å²) in [6.07, 6.45) is 2.88. The number of benzene rings is 2. The zero-order chi connectivity index (χ0) is 21.3. The maximum Gasteiger partial charge on any atom is 0.274 e. The molecule has 1 aromatic heterocycles. The summed E-state index contributed by atoms with van der Waals surface area (Å²) >= 11 is 0. The second-order valence-corrected chi connectivity index (χ2v) is 7.75. The Morgan fingerprint density at radius 3 is 2.29 bits per heavy atom. The van der Waals surface area contributed by atoms with Gasteiger partial charge in [-0.15, -0.1) is 0 Å². The van der Waals surface area contributed by atoms with Gasteiger partial charge in [-0.25, -0.2) is 4.68 Å². The molecule has 0 saturated heterocycles. The zero-order valence-electron chi connectivity index (χ0n) is 18.9. The Kier molecular flexibility index (Phi) is 10.0. The first kappa shape index (κ1) is 24.9. The van der Waals surface area contributed by atoms with Gasteiger partial charge in [0.1, 0.15) is 5.75 Å². The fraction of sp³-hybridized carbons (Fsp3) is 0.440. The average molecular weight is 444 g/mol. The number of nitrogens with zero attached hydrogens (tertiary/aromatic N) is 2. The summed E-state index contributed by atoms with van der Waals surface area (Å²) in [5.41, 5.74) is 2.11. The van der Waals surface area contributed by atoms with Gasteiger partial charge < -0.3 is 22.0 Å². The molecule has 3 aromatic rings. The van der Waals surface area contributed by atoms with Gasteiger partial charge in [0.05, 0.1) is 43.9 Å². The van der Waals surface area contributed by atoms with E-state index in [1.807, 2.05) is 36.4 Å². The quantitative estimate of drug-likeness (QED) is 0.427. The van der Waals surface area contributed by atoms with Crippen LogP contribution >= 0.6 is 0 Å². The van der Waals surface area contributed by atoms with Crippen LogP contribution in [-0.4, -0.2) is 36.0 Å². The van der Waals surface area contributed by atoms with E-state index in [9.17, 15) is 4.79 Å². The van der Waals surface area contributed by atoms with Crippen molar-refractivity contribution in [3.63, 3.8) is 0 Å². The molecule has 2 aromatic carbocycles. The Balaban J connectivity index is 0.00000341. The molecule has 0 unspecified atom stereocenters. The van der Waals surface area contributed by atoms with Crippen LogP contribution in [0.5, 0.6) is 5.75 Å².